The van der Waals surface area contributed by atoms with Gasteiger partial charge in [0.15, 0.2) is 0 Å². The summed E-state index contributed by atoms with van der Waals surface area (Å²) in [5.74, 6) is 0. The molecule has 2 N–H and O–H groups in total. The highest BCUT2D eigenvalue weighted by molar-refractivity contribution is 5.89. The molecule has 0 aliphatic heterocycles. The van der Waals surface area contributed by atoms with E-state index in [4.69, 9.17) is 0 Å². The van der Waals surface area contributed by atoms with Crippen molar-refractivity contribution in [3.63, 3.8) is 0 Å². The highest BCUT2D eigenvalue weighted by Crippen LogP contribution is 2.33. The van der Waals surface area contributed by atoms with E-state index in [0.29, 0.717) is 0 Å². The van der Waals surface area contributed by atoms with Gasteiger partial charge in [0.05, 0.1) is 11.7 Å². The molecule has 124 valence electrons. The maximum Gasteiger partial charge on any atom is 0.416 e. The van der Waals surface area contributed by atoms with E-state index >= 15 is 0 Å². The Balaban J connectivity index is 2.96. The van der Waals surface area contributed by atoms with Crippen molar-refractivity contribution in [2.45, 2.75) is 46.0 Å². The summed E-state index contributed by atoms with van der Waals surface area (Å²) >= 11 is 0. The fourth-order valence-corrected chi connectivity index (χ4v) is 2.01. The number of aliphatic hydroxyl groups is 1. The Morgan fingerprint density at radius 1 is 1.32 bits per heavy atom. The van der Waals surface area contributed by atoms with Crippen LogP contribution in [0.4, 0.5) is 23.7 Å². The zero-order valence-corrected chi connectivity index (χ0v) is 13.0. The fraction of sp³-hybridized carbons (Fsp3) is 0.533. The van der Waals surface area contributed by atoms with Crippen LogP contribution in [0.25, 0.3) is 0 Å². The number of benzene rings is 1. The molecule has 4 nitrogen and oxygen atoms in total. The molecular weight excluding hydrogens is 297 g/mol. The first-order chi connectivity index (χ1) is 10.0. The lowest BCUT2D eigenvalue weighted by atomic mass is 10.1. The fourth-order valence-electron chi connectivity index (χ4n) is 2.01. The van der Waals surface area contributed by atoms with Gasteiger partial charge in [0, 0.05) is 18.3 Å². The van der Waals surface area contributed by atoms with Crippen LogP contribution in [0.3, 0.4) is 0 Å². The average molecular weight is 318 g/mol. The second-order valence-corrected chi connectivity index (χ2v) is 5.55. The molecule has 0 bridgehead atoms. The van der Waals surface area contributed by atoms with Gasteiger partial charge >= 0.3 is 12.2 Å². The second-order valence-electron chi connectivity index (χ2n) is 5.55. The molecule has 22 heavy (non-hydrogen) atoms. The van der Waals surface area contributed by atoms with Crippen molar-refractivity contribution < 1.29 is 23.1 Å². The minimum absolute atomic E-state index is 0.0687. The molecule has 1 unspecified atom stereocenters. The van der Waals surface area contributed by atoms with Crippen molar-refractivity contribution in [3.05, 3.63) is 29.3 Å². The maximum absolute atomic E-state index is 12.9. The summed E-state index contributed by atoms with van der Waals surface area (Å²) in [6.07, 6.45) is -5.20. The lowest BCUT2D eigenvalue weighted by Crippen LogP contribution is -2.43. The highest BCUT2D eigenvalue weighted by atomic mass is 19.4. The molecule has 1 rings (SSSR count). The van der Waals surface area contributed by atoms with Gasteiger partial charge in [-0.25, -0.2) is 4.79 Å². The molecule has 1 atom stereocenters. The van der Waals surface area contributed by atoms with Crippen molar-refractivity contribution in [1.82, 2.24) is 4.90 Å². The van der Waals surface area contributed by atoms with Crippen molar-refractivity contribution in [1.29, 1.82) is 0 Å². The number of halogens is 3. The third-order valence-corrected chi connectivity index (χ3v) is 3.14. The van der Waals surface area contributed by atoms with E-state index in [-0.39, 0.29) is 23.8 Å². The molecule has 0 saturated carbocycles. The predicted octanol–water partition coefficient (Wildman–Crippen LogP) is 3.64. The van der Waals surface area contributed by atoms with Crippen LogP contribution < -0.4 is 5.32 Å². The minimum atomic E-state index is -4.47. The normalized spacial score (nSPS) is 13.1. The average Bonchev–Trinajstić information content (AvgIpc) is 2.36. The molecule has 2 amide bonds. The standard InChI is InChI=1S/C15H21F3N2O2/c1-9(2)20(8-11(4)21)14(22)19-12-6-5-10(3)13(7-12)15(16,17)18/h5-7,9,11,21H,8H2,1-4H3,(H,19,22). The summed E-state index contributed by atoms with van der Waals surface area (Å²) in [6, 6.07) is 2.90. The van der Waals surface area contributed by atoms with Gasteiger partial charge in [0.2, 0.25) is 0 Å². The molecule has 7 heteroatoms. The topological polar surface area (TPSA) is 52.6 Å². The third-order valence-electron chi connectivity index (χ3n) is 3.14. The quantitative estimate of drug-likeness (QED) is 0.890. The van der Waals surface area contributed by atoms with Gasteiger partial charge in [-0.15, -0.1) is 0 Å². The van der Waals surface area contributed by atoms with E-state index in [9.17, 15) is 23.1 Å². The number of hydrogen-bond donors (Lipinski definition) is 2. The monoisotopic (exact) mass is 318 g/mol. The zero-order valence-electron chi connectivity index (χ0n) is 13.0. The molecule has 0 spiro atoms. The summed E-state index contributed by atoms with van der Waals surface area (Å²) in [5, 5.41) is 11.8. The highest BCUT2D eigenvalue weighted by Gasteiger charge is 2.32. The number of anilines is 1. The van der Waals surface area contributed by atoms with Crippen LogP contribution in [0.1, 0.15) is 31.9 Å². The van der Waals surface area contributed by atoms with Gasteiger partial charge < -0.3 is 15.3 Å². The van der Waals surface area contributed by atoms with Crippen molar-refractivity contribution in [2.75, 3.05) is 11.9 Å². The molecule has 0 heterocycles. The van der Waals surface area contributed by atoms with E-state index in [1.54, 1.807) is 13.8 Å². The van der Waals surface area contributed by atoms with Gasteiger partial charge in [-0.05, 0) is 45.4 Å². The first kappa shape index (κ1) is 18.3. The summed E-state index contributed by atoms with van der Waals surface area (Å²) in [6.45, 7) is 6.52. The third kappa shape index (κ3) is 4.91. The Bertz CT molecular complexity index is 528. The number of alkyl halides is 3. The van der Waals surface area contributed by atoms with Crippen LogP contribution in [0.5, 0.6) is 0 Å². The van der Waals surface area contributed by atoms with E-state index in [0.717, 1.165) is 6.07 Å². The molecule has 0 fully saturated rings. The maximum atomic E-state index is 12.9. The minimum Gasteiger partial charge on any atom is -0.392 e. The first-order valence-corrected chi connectivity index (χ1v) is 6.96. The number of carbonyl (C=O) groups excluding carboxylic acids is 1. The van der Waals surface area contributed by atoms with Crippen LogP contribution in [0, 0.1) is 6.92 Å². The summed E-state index contributed by atoms with van der Waals surface area (Å²) in [7, 11) is 0. The summed E-state index contributed by atoms with van der Waals surface area (Å²) in [4.78, 5) is 13.5. The second kappa shape index (κ2) is 7.00. The smallest absolute Gasteiger partial charge is 0.392 e. The van der Waals surface area contributed by atoms with E-state index < -0.39 is 23.9 Å². The Hall–Kier alpha value is -1.76. The number of hydrogen-bond acceptors (Lipinski definition) is 2. The number of aliphatic hydroxyl groups excluding tert-OH is 1. The van der Waals surface area contributed by atoms with E-state index in [1.807, 2.05) is 0 Å². The van der Waals surface area contributed by atoms with Crippen LogP contribution in [-0.4, -0.2) is 34.7 Å². The van der Waals surface area contributed by atoms with Gasteiger partial charge in [-0.2, -0.15) is 13.2 Å². The SMILES string of the molecule is Cc1ccc(NC(=O)N(CC(C)O)C(C)C)cc1C(F)(F)F. The molecule has 1 aromatic carbocycles. The zero-order chi connectivity index (χ0) is 17.1. The Morgan fingerprint density at radius 3 is 2.36 bits per heavy atom. The molecule has 0 aromatic heterocycles. The number of nitrogens with one attached hydrogen (secondary N) is 1. The summed E-state index contributed by atoms with van der Waals surface area (Å²) in [5.41, 5.74) is -0.619. The van der Waals surface area contributed by atoms with Gasteiger partial charge in [-0.1, -0.05) is 6.07 Å². The summed E-state index contributed by atoms with van der Waals surface area (Å²) < 4.78 is 38.6. The van der Waals surface area contributed by atoms with Gasteiger partial charge in [0.1, 0.15) is 0 Å². The van der Waals surface area contributed by atoms with Crippen LogP contribution in [-0.2, 0) is 6.18 Å². The first-order valence-electron chi connectivity index (χ1n) is 6.96. The molecule has 1 aromatic rings. The lowest BCUT2D eigenvalue weighted by molar-refractivity contribution is -0.138. The number of rotatable bonds is 4. The van der Waals surface area contributed by atoms with Crippen LogP contribution in [0.2, 0.25) is 0 Å². The molecule has 0 aliphatic rings. The van der Waals surface area contributed by atoms with Crippen molar-refractivity contribution >= 4 is 11.7 Å². The Labute approximate surface area is 127 Å². The molecule has 0 saturated heterocycles. The number of amides is 2. The Kier molecular flexibility index (Phi) is 5.82. The van der Waals surface area contributed by atoms with Crippen molar-refractivity contribution in [2.24, 2.45) is 0 Å². The van der Waals surface area contributed by atoms with Gasteiger partial charge in [0.25, 0.3) is 0 Å². The van der Waals surface area contributed by atoms with Crippen LogP contribution >= 0.6 is 0 Å². The molecular formula is C15H21F3N2O2. The van der Waals surface area contributed by atoms with E-state index in [1.165, 1.54) is 30.9 Å². The predicted molar refractivity (Wildman–Crippen MR) is 78.7 cm³/mol. The van der Waals surface area contributed by atoms with Crippen LogP contribution in [0.15, 0.2) is 18.2 Å². The Morgan fingerprint density at radius 2 is 1.91 bits per heavy atom. The van der Waals surface area contributed by atoms with E-state index in [2.05, 4.69) is 5.32 Å². The van der Waals surface area contributed by atoms with Gasteiger partial charge in [-0.3, -0.25) is 0 Å². The lowest BCUT2D eigenvalue weighted by Gasteiger charge is -2.28. The number of nitrogens with zero attached hydrogens (tertiary/aromatic N) is 1. The number of carbonyl (C=O) groups is 1. The van der Waals surface area contributed by atoms with Crippen molar-refractivity contribution in [3.8, 4) is 0 Å². The molecule has 0 aliphatic carbocycles. The molecule has 0 radical (unpaired) electrons. The largest absolute Gasteiger partial charge is 0.416 e. The number of urea groups is 1. The number of aryl methyl sites for hydroxylation is 1.